The first-order chi connectivity index (χ1) is 13.6. The molecule has 28 heavy (non-hydrogen) atoms. The van der Waals surface area contributed by atoms with E-state index in [9.17, 15) is 14.4 Å². The number of nitrogens with zero attached hydrogens (tertiary/aromatic N) is 2. The van der Waals surface area contributed by atoms with Crippen molar-refractivity contribution in [2.45, 2.75) is 25.4 Å². The van der Waals surface area contributed by atoms with Crippen molar-refractivity contribution in [2.75, 3.05) is 5.32 Å². The van der Waals surface area contributed by atoms with E-state index in [-0.39, 0.29) is 31.2 Å². The van der Waals surface area contributed by atoms with Gasteiger partial charge in [-0.3, -0.25) is 19.5 Å². The highest BCUT2D eigenvalue weighted by Gasteiger charge is 2.38. The van der Waals surface area contributed by atoms with Gasteiger partial charge in [-0.1, -0.05) is 6.07 Å². The first-order valence-corrected chi connectivity index (χ1v) is 8.89. The minimum Gasteiger partial charge on any atom is -0.467 e. The molecule has 0 saturated carbocycles. The smallest absolute Gasteiger partial charge is 0.325 e. The van der Waals surface area contributed by atoms with E-state index in [1.54, 1.807) is 30.5 Å². The summed E-state index contributed by atoms with van der Waals surface area (Å²) in [6.45, 7) is 0.0728. The molecule has 1 saturated heterocycles. The Kier molecular flexibility index (Phi) is 4.76. The van der Waals surface area contributed by atoms with Crippen molar-refractivity contribution in [1.82, 2.24) is 15.2 Å². The van der Waals surface area contributed by atoms with Crippen molar-refractivity contribution in [1.29, 1.82) is 0 Å². The number of pyridine rings is 1. The Morgan fingerprint density at radius 2 is 2.07 bits per heavy atom. The average molecular weight is 378 g/mol. The summed E-state index contributed by atoms with van der Waals surface area (Å²) >= 11 is 0. The first-order valence-electron chi connectivity index (χ1n) is 8.89. The second kappa shape index (κ2) is 7.51. The van der Waals surface area contributed by atoms with Crippen LogP contribution < -0.4 is 10.6 Å². The summed E-state index contributed by atoms with van der Waals surface area (Å²) in [7, 11) is 0. The van der Waals surface area contributed by atoms with Crippen LogP contribution in [-0.4, -0.2) is 33.8 Å². The number of imide groups is 1. The summed E-state index contributed by atoms with van der Waals surface area (Å²) in [4.78, 5) is 42.2. The molecular weight excluding hydrogens is 360 g/mol. The number of carbonyl (C=O) groups is 3. The molecule has 3 heterocycles. The van der Waals surface area contributed by atoms with Gasteiger partial charge < -0.3 is 15.1 Å². The maximum atomic E-state index is 12.4. The summed E-state index contributed by atoms with van der Waals surface area (Å²) in [5.41, 5.74) is 1.45. The zero-order valence-corrected chi connectivity index (χ0v) is 14.9. The summed E-state index contributed by atoms with van der Waals surface area (Å²) in [5.74, 6) is -0.0714. The summed E-state index contributed by atoms with van der Waals surface area (Å²) in [6, 6.07) is 11.4. The van der Waals surface area contributed by atoms with Crippen LogP contribution in [0.3, 0.4) is 0 Å². The molecule has 4 rings (SSSR count). The monoisotopic (exact) mass is 378 g/mol. The van der Waals surface area contributed by atoms with Crippen molar-refractivity contribution in [2.24, 2.45) is 0 Å². The number of anilines is 1. The topological polar surface area (TPSA) is 105 Å². The van der Waals surface area contributed by atoms with Crippen molar-refractivity contribution in [3.63, 3.8) is 0 Å². The Labute approximate surface area is 160 Å². The molecule has 3 aromatic rings. The minimum absolute atomic E-state index is 0.0728. The number of benzene rings is 1. The predicted octanol–water partition coefficient (Wildman–Crippen LogP) is 2.67. The molecule has 1 aliphatic rings. The summed E-state index contributed by atoms with van der Waals surface area (Å²) in [5, 5.41) is 6.31. The fourth-order valence-electron chi connectivity index (χ4n) is 3.18. The molecule has 2 N–H and O–H groups in total. The van der Waals surface area contributed by atoms with Crippen LogP contribution >= 0.6 is 0 Å². The lowest BCUT2D eigenvalue weighted by Crippen LogP contribution is -2.31. The van der Waals surface area contributed by atoms with Gasteiger partial charge in [0, 0.05) is 18.0 Å². The predicted molar refractivity (Wildman–Crippen MR) is 101 cm³/mol. The van der Waals surface area contributed by atoms with Gasteiger partial charge in [0.1, 0.15) is 11.8 Å². The molecule has 8 heteroatoms. The van der Waals surface area contributed by atoms with Crippen LogP contribution in [0, 0.1) is 0 Å². The van der Waals surface area contributed by atoms with Crippen LogP contribution in [0.4, 0.5) is 10.5 Å². The highest BCUT2D eigenvalue weighted by Crippen LogP contribution is 2.22. The van der Waals surface area contributed by atoms with Gasteiger partial charge >= 0.3 is 6.03 Å². The number of urea groups is 1. The minimum atomic E-state index is -0.720. The van der Waals surface area contributed by atoms with Gasteiger partial charge in [-0.15, -0.1) is 0 Å². The highest BCUT2D eigenvalue weighted by molar-refractivity contribution is 6.05. The van der Waals surface area contributed by atoms with Crippen LogP contribution in [-0.2, 0) is 16.1 Å². The quantitative estimate of drug-likeness (QED) is 0.642. The molecule has 0 spiro atoms. The van der Waals surface area contributed by atoms with Gasteiger partial charge in [0.15, 0.2) is 0 Å². The number of carbonyl (C=O) groups excluding carboxylic acids is 3. The Morgan fingerprint density at radius 3 is 2.89 bits per heavy atom. The molecule has 2 aromatic heterocycles. The Hall–Kier alpha value is -3.68. The largest absolute Gasteiger partial charge is 0.467 e. The number of amides is 4. The molecule has 1 fully saturated rings. The van der Waals surface area contributed by atoms with Gasteiger partial charge in [-0.2, -0.15) is 0 Å². The van der Waals surface area contributed by atoms with Crippen LogP contribution in [0.25, 0.3) is 10.9 Å². The van der Waals surface area contributed by atoms with Gasteiger partial charge in [0.25, 0.3) is 5.91 Å². The van der Waals surface area contributed by atoms with Gasteiger partial charge in [0.2, 0.25) is 5.91 Å². The molecule has 4 amide bonds. The standard InChI is InChI=1S/C20H18N4O4/c25-18(22-16-7-1-6-15-14(16)5-2-10-21-15)9-8-17-19(26)24(20(27)23-17)12-13-4-3-11-28-13/h1-7,10-11,17H,8-9,12H2,(H,22,25)(H,23,27). The van der Waals surface area contributed by atoms with Gasteiger partial charge in [-0.25, -0.2) is 4.79 Å². The van der Waals surface area contributed by atoms with Crippen LogP contribution in [0.15, 0.2) is 59.3 Å². The Balaban J connectivity index is 1.36. The Morgan fingerprint density at radius 1 is 1.18 bits per heavy atom. The van der Waals surface area contributed by atoms with E-state index in [4.69, 9.17) is 4.42 Å². The lowest BCUT2D eigenvalue weighted by Gasteiger charge is -2.11. The molecule has 1 aromatic carbocycles. The average Bonchev–Trinajstić information content (AvgIpc) is 3.30. The normalized spacial score (nSPS) is 16.4. The van der Waals surface area contributed by atoms with E-state index >= 15 is 0 Å². The molecule has 0 radical (unpaired) electrons. The molecular formula is C20H18N4O4. The molecule has 142 valence electrons. The van der Waals surface area contributed by atoms with E-state index in [0.717, 1.165) is 15.8 Å². The maximum absolute atomic E-state index is 12.4. The zero-order chi connectivity index (χ0) is 19.5. The first kappa shape index (κ1) is 17.7. The fourth-order valence-corrected chi connectivity index (χ4v) is 3.18. The molecule has 0 aliphatic carbocycles. The molecule has 1 unspecified atom stereocenters. The molecule has 8 nitrogen and oxygen atoms in total. The van der Waals surface area contributed by atoms with E-state index in [0.29, 0.717) is 11.4 Å². The lowest BCUT2D eigenvalue weighted by atomic mass is 10.1. The van der Waals surface area contributed by atoms with Gasteiger partial charge in [-0.05, 0) is 42.8 Å². The summed E-state index contributed by atoms with van der Waals surface area (Å²) < 4.78 is 5.18. The number of rotatable bonds is 6. The van der Waals surface area contributed by atoms with Crippen molar-refractivity contribution < 1.29 is 18.8 Å². The van der Waals surface area contributed by atoms with Crippen molar-refractivity contribution >= 4 is 34.4 Å². The number of furan rings is 1. The fraction of sp³-hybridized carbons (Fsp3) is 0.200. The Bertz CT molecular complexity index is 1030. The van der Waals surface area contributed by atoms with E-state index < -0.39 is 12.1 Å². The van der Waals surface area contributed by atoms with E-state index in [2.05, 4.69) is 15.6 Å². The van der Waals surface area contributed by atoms with Crippen molar-refractivity contribution in [3.05, 3.63) is 60.7 Å². The zero-order valence-electron chi connectivity index (χ0n) is 14.9. The number of hydrogen-bond donors (Lipinski definition) is 2. The molecule has 1 aliphatic heterocycles. The second-order valence-corrected chi connectivity index (χ2v) is 6.47. The number of fused-ring (bicyclic) bond motifs is 1. The molecule has 0 bridgehead atoms. The lowest BCUT2D eigenvalue weighted by molar-refractivity contribution is -0.128. The highest BCUT2D eigenvalue weighted by atomic mass is 16.3. The molecule has 1 atom stereocenters. The third-order valence-electron chi connectivity index (χ3n) is 4.58. The SMILES string of the molecule is O=C(CCC1NC(=O)N(Cc2ccco2)C1=O)Nc1cccc2ncccc12. The number of aromatic nitrogens is 1. The number of hydrogen-bond acceptors (Lipinski definition) is 5. The second-order valence-electron chi connectivity index (χ2n) is 6.47. The van der Waals surface area contributed by atoms with Gasteiger partial charge in [0.05, 0.1) is 24.0 Å². The maximum Gasteiger partial charge on any atom is 0.325 e. The summed E-state index contributed by atoms with van der Waals surface area (Å²) in [6.07, 6.45) is 3.49. The van der Waals surface area contributed by atoms with E-state index in [1.807, 2.05) is 18.2 Å². The van der Waals surface area contributed by atoms with Crippen LogP contribution in [0.5, 0.6) is 0 Å². The van der Waals surface area contributed by atoms with Crippen LogP contribution in [0.2, 0.25) is 0 Å². The number of nitrogens with one attached hydrogen (secondary N) is 2. The van der Waals surface area contributed by atoms with Crippen LogP contribution in [0.1, 0.15) is 18.6 Å². The van der Waals surface area contributed by atoms with E-state index in [1.165, 1.54) is 6.26 Å². The third-order valence-corrected chi connectivity index (χ3v) is 4.58. The van der Waals surface area contributed by atoms with Crippen molar-refractivity contribution in [3.8, 4) is 0 Å². The third kappa shape index (κ3) is 3.57.